The minimum absolute atomic E-state index is 0.116. The van der Waals surface area contributed by atoms with Crippen LogP contribution >= 0.6 is 9.24 Å². The average molecular weight is 370 g/mol. The van der Waals surface area contributed by atoms with Crippen molar-refractivity contribution in [1.82, 2.24) is 0 Å². The van der Waals surface area contributed by atoms with Crippen molar-refractivity contribution in [2.24, 2.45) is 11.8 Å². The van der Waals surface area contributed by atoms with Crippen LogP contribution in [-0.2, 0) is 11.6 Å². The Kier molecular flexibility index (Phi) is 4.41. The van der Waals surface area contributed by atoms with Crippen molar-refractivity contribution in [1.29, 1.82) is 0 Å². The number of benzene rings is 3. The monoisotopic (exact) mass is 370 g/mol. The molecule has 3 aromatic carbocycles. The third kappa shape index (κ3) is 2.95. The van der Waals surface area contributed by atoms with E-state index in [0.717, 1.165) is 12.3 Å². The summed E-state index contributed by atoms with van der Waals surface area (Å²) in [5.74, 6) is 1.27. The van der Waals surface area contributed by atoms with E-state index in [1.54, 1.807) is 0 Å². The molecule has 3 unspecified atom stereocenters. The summed E-state index contributed by atoms with van der Waals surface area (Å²) in [4.78, 5) is 0. The fourth-order valence-corrected chi connectivity index (χ4v) is 6.09. The van der Waals surface area contributed by atoms with Crippen molar-refractivity contribution in [3.05, 3.63) is 89.5 Å². The molecule has 1 fully saturated rings. The number of fused-ring (bicyclic) bond motifs is 2. The molecule has 1 saturated carbocycles. The van der Waals surface area contributed by atoms with Crippen molar-refractivity contribution in [2.45, 2.75) is 37.3 Å². The van der Waals surface area contributed by atoms with Crippen LogP contribution in [0.4, 0.5) is 0 Å². The highest BCUT2D eigenvalue weighted by Crippen LogP contribution is 2.54. The highest BCUT2D eigenvalue weighted by molar-refractivity contribution is 7.18. The summed E-state index contributed by atoms with van der Waals surface area (Å²) < 4.78 is 0. The molecule has 2 aliphatic rings. The van der Waals surface area contributed by atoms with E-state index in [2.05, 4.69) is 88.1 Å². The molecule has 0 bridgehead atoms. The first-order chi connectivity index (χ1) is 13.2. The highest BCUT2D eigenvalue weighted by atomic mass is 31.0. The molecule has 1 heteroatoms. The third-order valence-corrected chi connectivity index (χ3v) is 8.13. The SMILES string of the molecule is PC(c1ccc2ccccc2c1)(C1C=Cc2ccccc2C1)C1CCCC1. The van der Waals surface area contributed by atoms with Crippen molar-refractivity contribution in [2.75, 3.05) is 0 Å². The summed E-state index contributed by atoms with van der Waals surface area (Å²) in [5, 5.41) is 2.81. The number of allylic oxidation sites excluding steroid dienone is 1. The molecule has 27 heavy (non-hydrogen) atoms. The molecule has 3 aromatic rings. The molecule has 5 rings (SSSR count). The normalized spacial score (nSPS) is 21.9. The molecular weight excluding hydrogens is 343 g/mol. The van der Waals surface area contributed by atoms with Crippen LogP contribution < -0.4 is 0 Å². The Morgan fingerprint density at radius 2 is 1.56 bits per heavy atom. The Balaban J connectivity index is 1.61. The quantitative estimate of drug-likeness (QED) is 0.436. The van der Waals surface area contributed by atoms with Crippen LogP contribution in [0.3, 0.4) is 0 Å². The molecule has 0 aliphatic heterocycles. The summed E-state index contributed by atoms with van der Waals surface area (Å²) in [5.41, 5.74) is 4.38. The summed E-state index contributed by atoms with van der Waals surface area (Å²) in [6.07, 6.45) is 11.4. The van der Waals surface area contributed by atoms with Gasteiger partial charge in [0, 0.05) is 5.16 Å². The summed E-state index contributed by atoms with van der Waals surface area (Å²) in [6.45, 7) is 0. The van der Waals surface area contributed by atoms with Gasteiger partial charge in [-0.2, -0.15) is 0 Å². The lowest BCUT2D eigenvalue weighted by atomic mass is 9.70. The zero-order valence-corrected chi connectivity index (χ0v) is 16.9. The van der Waals surface area contributed by atoms with Crippen LogP contribution in [0.5, 0.6) is 0 Å². The number of hydrogen-bond acceptors (Lipinski definition) is 0. The first-order valence-corrected chi connectivity index (χ1v) is 10.9. The van der Waals surface area contributed by atoms with Gasteiger partial charge in [-0.15, -0.1) is 9.24 Å². The lowest BCUT2D eigenvalue weighted by Gasteiger charge is -2.43. The van der Waals surface area contributed by atoms with Crippen LogP contribution in [0.2, 0.25) is 0 Å². The zero-order chi connectivity index (χ0) is 18.3. The molecule has 0 amide bonds. The lowest BCUT2D eigenvalue weighted by Crippen LogP contribution is -2.37. The molecule has 136 valence electrons. The lowest BCUT2D eigenvalue weighted by molar-refractivity contribution is 0.310. The summed E-state index contributed by atoms with van der Waals surface area (Å²) in [7, 11) is 3.36. The topological polar surface area (TPSA) is 0 Å². The first-order valence-electron chi connectivity index (χ1n) is 10.3. The fraction of sp³-hybridized carbons (Fsp3) is 0.308. The van der Waals surface area contributed by atoms with Gasteiger partial charge < -0.3 is 0 Å². The molecule has 0 N–H and O–H groups in total. The molecule has 0 nitrogen and oxygen atoms in total. The second kappa shape index (κ2) is 6.92. The third-order valence-electron chi connectivity index (χ3n) is 6.90. The second-order valence-corrected chi connectivity index (χ2v) is 9.30. The van der Waals surface area contributed by atoms with Gasteiger partial charge in [0.1, 0.15) is 0 Å². The van der Waals surface area contributed by atoms with Crippen molar-refractivity contribution >= 4 is 26.1 Å². The molecule has 3 atom stereocenters. The van der Waals surface area contributed by atoms with E-state index in [4.69, 9.17) is 0 Å². The van der Waals surface area contributed by atoms with E-state index in [1.165, 1.54) is 53.1 Å². The average Bonchev–Trinajstić information content (AvgIpc) is 3.28. The van der Waals surface area contributed by atoms with E-state index < -0.39 is 0 Å². The maximum atomic E-state index is 3.36. The van der Waals surface area contributed by atoms with Gasteiger partial charge >= 0.3 is 0 Å². The van der Waals surface area contributed by atoms with Gasteiger partial charge in [0.25, 0.3) is 0 Å². The van der Waals surface area contributed by atoms with E-state index >= 15 is 0 Å². The molecular formula is C26H27P. The fourth-order valence-electron chi connectivity index (χ4n) is 5.35. The number of rotatable bonds is 3. The number of hydrogen-bond donors (Lipinski definition) is 0. The van der Waals surface area contributed by atoms with Crippen LogP contribution in [0.1, 0.15) is 42.4 Å². The smallest absolute Gasteiger partial charge is 0.0191 e. The minimum Gasteiger partial charge on any atom is -0.125 e. The van der Waals surface area contributed by atoms with Crippen LogP contribution in [0.15, 0.2) is 72.8 Å². The Morgan fingerprint density at radius 1 is 0.815 bits per heavy atom. The van der Waals surface area contributed by atoms with Gasteiger partial charge in [-0.1, -0.05) is 91.7 Å². The molecule has 0 radical (unpaired) electrons. The van der Waals surface area contributed by atoms with Crippen LogP contribution in [-0.4, -0.2) is 0 Å². The van der Waals surface area contributed by atoms with Crippen molar-refractivity contribution in [3.8, 4) is 0 Å². The molecule has 2 aliphatic carbocycles. The van der Waals surface area contributed by atoms with Crippen LogP contribution in [0.25, 0.3) is 16.8 Å². The Bertz CT molecular complexity index is 996. The van der Waals surface area contributed by atoms with Gasteiger partial charge in [0.15, 0.2) is 0 Å². The van der Waals surface area contributed by atoms with E-state index in [9.17, 15) is 0 Å². The highest BCUT2D eigenvalue weighted by Gasteiger charge is 2.43. The van der Waals surface area contributed by atoms with E-state index in [0.29, 0.717) is 5.92 Å². The predicted octanol–water partition coefficient (Wildman–Crippen LogP) is 6.99. The van der Waals surface area contributed by atoms with E-state index in [-0.39, 0.29) is 5.16 Å². The van der Waals surface area contributed by atoms with Gasteiger partial charge in [-0.3, -0.25) is 0 Å². The standard InChI is InChI=1S/C26H27P/c27-26(23-11-5-6-12-23,24-15-13-19-7-1-3-9-21(19)17-24)25-16-14-20-8-2-4-10-22(20)18-25/h1-4,7-10,13-17,23,25H,5-6,11-12,18,27H2. The minimum atomic E-state index is 0.116. The van der Waals surface area contributed by atoms with Gasteiger partial charge in [0.2, 0.25) is 0 Å². The summed E-state index contributed by atoms with van der Waals surface area (Å²) in [6, 6.07) is 24.8. The van der Waals surface area contributed by atoms with Gasteiger partial charge in [-0.25, -0.2) is 0 Å². The molecule has 0 heterocycles. The Labute approximate surface area is 164 Å². The van der Waals surface area contributed by atoms with Crippen molar-refractivity contribution in [3.63, 3.8) is 0 Å². The second-order valence-electron chi connectivity index (χ2n) is 8.34. The predicted molar refractivity (Wildman–Crippen MR) is 120 cm³/mol. The molecule has 0 saturated heterocycles. The Morgan fingerprint density at radius 3 is 2.41 bits per heavy atom. The van der Waals surface area contributed by atoms with E-state index in [1.807, 2.05) is 0 Å². The maximum Gasteiger partial charge on any atom is 0.0191 e. The largest absolute Gasteiger partial charge is 0.125 e. The zero-order valence-electron chi connectivity index (χ0n) is 15.8. The van der Waals surface area contributed by atoms with Crippen molar-refractivity contribution < 1.29 is 0 Å². The van der Waals surface area contributed by atoms with Crippen LogP contribution in [0, 0.1) is 11.8 Å². The molecule has 0 spiro atoms. The summed E-state index contributed by atoms with van der Waals surface area (Å²) >= 11 is 0. The maximum absolute atomic E-state index is 3.36. The Hall–Kier alpha value is -1.91. The van der Waals surface area contributed by atoms with Gasteiger partial charge in [0.05, 0.1) is 0 Å². The van der Waals surface area contributed by atoms with Gasteiger partial charge in [-0.05, 0) is 58.6 Å². The molecule has 0 aromatic heterocycles. The first kappa shape index (κ1) is 17.2.